The van der Waals surface area contributed by atoms with E-state index in [0.717, 1.165) is 30.8 Å². The molecule has 2 saturated heterocycles. The van der Waals surface area contributed by atoms with Crippen LogP contribution in [0.25, 0.3) is 11.3 Å². The number of aromatic nitrogens is 2. The number of carbonyl (C=O) groups excluding carboxylic acids is 2. The van der Waals surface area contributed by atoms with Crippen molar-refractivity contribution >= 4 is 23.7 Å². The maximum Gasteiger partial charge on any atom is 0.410 e. The van der Waals surface area contributed by atoms with Crippen LogP contribution in [0.5, 0.6) is 0 Å². The lowest BCUT2D eigenvalue weighted by atomic mass is 9.95. The summed E-state index contributed by atoms with van der Waals surface area (Å²) in [7, 11) is 0. The zero-order valence-electron chi connectivity index (χ0n) is 24.3. The number of benzene rings is 2. The molecular weight excluding hydrogens is 559 g/mol. The predicted octanol–water partition coefficient (Wildman–Crippen LogP) is 6.49. The van der Waals surface area contributed by atoms with Gasteiger partial charge in [0, 0.05) is 36.8 Å². The van der Waals surface area contributed by atoms with Gasteiger partial charge in [0.2, 0.25) is 0 Å². The van der Waals surface area contributed by atoms with E-state index in [1.165, 1.54) is 6.07 Å². The van der Waals surface area contributed by atoms with Crippen LogP contribution in [-0.2, 0) is 20.9 Å². The molecule has 2 aliphatic heterocycles. The Hall–Kier alpha value is -3.43. The Labute approximate surface area is 251 Å². The first-order valence-corrected chi connectivity index (χ1v) is 14.9. The van der Waals surface area contributed by atoms with Crippen LogP contribution in [0, 0.1) is 5.82 Å². The predicted molar refractivity (Wildman–Crippen MR) is 159 cm³/mol. The zero-order valence-corrected chi connectivity index (χ0v) is 25.1. The number of nitrogens with one attached hydrogen (secondary N) is 1. The maximum atomic E-state index is 14.0. The molecule has 1 N–H and O–H groups in total. The molecule has 1 amide bonds. The molecule has 0 bridgehead atoms. The lowest BCUT2D eigenvalue weighted by Crippen LogP contribution is -2.42. The second-order valence-electron chi connectivity index (χ2n) is 12.0. The number of hydrogen-bond acceptors (Lipinski definition) is 6. The number of esters is 1. The molecule has 3 aromatic rings. The number of piperidine rings is 1. The molecule has 5 rings (SSSR count). The normalized spacial score (nSPS) is 18.6. The van der Waals surface area contributed by atoms with Gasteiger partial charge in [-0.2, -0.15) is 0 Å². The van der Waals surface area contributed by atoms with Crippen molar-refractivity contribution in [1.82, 2.24) is 19.8 Å². The Morgan fingerprint density at radius 1 is 1.12 bits per heavy atom. The van der Waals surface area contributed by atoms with Gasteiger partial charge in [-0.05, 0) is 76.8 Å². The van der Waals surface area contributed by atoms with E-state index >= 15 is 0 Å². The van der Waals surface area contributed by atoms with Crippen LogP contribution in [-0.4, -0.2) is 57.8 Å². The van der Waals surface area contributed by atoms with Crippen molar-refractivity contribution in [3.63, 3.8) is 0 Å². The molecule has 3 heterocycles. The molecule has 2 aromatic carbocycles. The van der Waals surface area contributed by atoms with E-state index in [2.05, 4.69) is 5.32 Å². The largest absolute Gasteiger partial charge is 0.459 e. The molecule has 0 saturated carbocycles. The highest BCUT2D eigenvalue weighted by Gasteiger charge is 2.38. The number of halogens is 2. The van der Waals surface area contributed by atoms with E-state index in [1.807, 2.05) is 61.9 Å². The van der Waals surface area contributed by atoms with Crippen LogP contribution in [0.1, 0.15) is 69.8 Å². The van der Waals surface area contributed by atoms with Crippen molar-refractivity contribution in [2.24, 2.45) is 0 Å². The number of ether oxygens (including phenoxy) is 2. The molecule has 1 unspecified atom stereocenters. The Balaban J connectivity index is 1.46. The molecule has 10 heteroatoms. The summed E-state index contributed by atoms with van der Waals surface area (Å²) in [6.45, 7) is 7.56. The summed E-state index contributed by atoms with van der Waals surface area (Å²) in [6, 6.07) is 13.3. The first kappa shape index (κ1) is 30.0. The van der Waals surface area contributed by atoms with Gasteiger partial charge in [-0.1, -0.05) is 41.9 Å². The number of imidazole rings is 1. The fourth-order valence-corrected chi connectivity index (χ4v) is 5.82. The minimum Gasteiger partial charge on any atom is -0.459 e. The van der Waals surface area contributed by atoms with Crippen molar-refractivity contribution in [2.45, 2.75) is 76.7 Å². The number of likely N-dealkylation sites (tertiary alicyclic amines) is 1. The molecule has 42 heavy (non-hydrogen) atoms. The van der Waals surface area contributed by atoms with Gasteiger partial charge >= 0.3 is 12.1 Å². The van der Waals surface area contributed by atoms with E-state index in [0.29, 0.717) is 37.2 Å². The maximum absolute atomic E-state index is 14.0. The fraction of sp³-hybridized carbons (Fsp3) is 0.469. The zero-order chi connectivity index (χ0) is 29.9. The monoisotopic (exact) mass is 596 g/mol. The van der Waals surface area contributed by atoms with Gasteiger partial charge in [0.1, 0.15) is 29.9 Å². The van der Waals surface area contributed by atoms with Gasteiger partial charge in [0.15, 0.2) is 0 Å². The van der Waals surface area contributed by atoms with E-state index in [9.17, 15) is 14.0 Å². The standard InChI is InChI=1S/C32H38ClFN4O4/c1-32(2,3)42-31(40)37-16-13-22(14-17-37)29-36-27(23-11-12-25(34)24(33)18-23)19-38(29)28(26-10-7-15-35-26)30(39)41-20-21-8-5-4-6-9-21/h4-6,8-9,11-12,18-19,22,26,28,35H,7,10,13-17,20H2,1-3H3/t26?,28-/m0/s1. The third-order valence-electron chi connectivity index (χ3n) is 7.73. The van der Waals surface area contributed by atoms with Crippen LogP contribution < -0.4 is 5.32 Å². The van der Waals surface area contributed by atoms with Gasteiger partial charge in [0.05, 0.1) is 10.7 Å². The lowest BCUT2D eigenvalue weighted by molar-refractivity contribution is -0.150. The van der Waals surface area contributed by atoms with E-state index < -0.39 is 17.5 Å². The highest BCUT2D eigenvalue weighted by atomic mass is 35.5. The van der Waals surface area contributed by atoms with Gasteiger partial charge in [0.25, 0.3) is 0 Å². The summed E-state index contributed by atoms with van der Waals surface area (Å²) < 4.78 is 27.4. The van der Waals surface area contributed by atoms with Crippen LogP contribution >= 0.6 is 11.6 Å². The highest BCUT2D eigenvalue weighted by molar-refractivity contribution is 6.31. The third-order valence-corrected chi connectivity index (χ3v) is 8.02. The molecule has 2 aliphatic rings. The van der Waals surface area contributed by atoms with Crippen molar-refractivity contribution in [1.29, 1.82) is 0 Å². The van der Waals surface area contributed by atoms with Gasteiger partial charge < -0.3 is 24.3 Å². The van der Waals surface area contributed by atoms with Crippen molar-refractivity contribution in [3.05, 3.63) is 77.0 Å². The topological polar surface area (TPSA) is 85.7 Å². The summed E-state index contributed by atoms with van der Waals surface area (Å²) in [4.78, 5) is 33.2. The van der Waals surface area contributed by atoms with Crippen LogP contribution in [0.3, 0.4) is 0 Å². The lowest BCUT2D eigenvalue weighted by Gasteiger charge is -2.34. The Kier molecular flexibility index (Phi) is 9.18. The van der Waals surface area contributed by atoms with Crippen molar-refractivity contribution < 1.29 is 23.5 Å². The Morgan fingerprint density at radius 2 is 1.86 bits per heavy atom. The van der Waals surface area contributed by atoms with Gasteiger partial charge in [-0.3, -0.25) is 0 Å². The molecular formula is C32H38ClFN4O4. The molecule has 2 atom stereocenters. The van der Waals surface area contributed by atoms with E-state index in [4.69, 9.17) is 26.1 Å². The minimum absolute atomic E-state index is 0.00514. The van der Waals surface area contributed by atoms with Gasteiger partial charge in [-0.15, -0.1) is 0 Å². The summed E-state index contributed by atoms with van der Waals surface area (Å²) in [6.07, 6.45) is 4.60. The molecule has 224 valence electrons. The number of hydrogen-bond donors (Lipinski definition) is 1. The Morgan fingerprint density at radius 3 is 2.50 bits per heavy atom. The van der Waals surface area contributed by atoms with Crippen LogP contribution in [0.15, 0.2) is 54.7 Å². The third kappa shape index (κ3) is 7.13. The average molecular weight is 597 g/mol. The molecule has 1 aromatic heterocycles. The first-order chi connectivity index (χ1) is 20.1. The van der Waals surface area contributed by atoms with Crippen molar-refractivity contribution in [3.8, 4) is 11.3 Å². The number of rotatable bonds is 7. The smallest absolute Gasteiger partial charge is 0.410 e. The van der Waals surface area contributed by atoms with Crippen LogP contribution in [0.4, 0.5) is 9.18 Å². The average Bonchev–Trinajstić information content (AvgIpc) is 3.65. The molecule has 0 aliphatic carbocycles. The number of carbonyl (C=O) groups is 2. The summed E-state index contributed by atoms with van der Waals surface area (Å²) in [5.74, 6) is -0.122. The molecule has 0 radical (unpaired) electrons. The van der Waals surface area contributed by atoms with Crippen molar-refractivity contribution in [2.75, 3.05) is 19.6 Å². The second kappa shape index (κ2) is 12.8. The highest BCUT2D eigenvalue weighted by Crippen LogP contribution is 2.35. The molecule has 0 spiro atoms. The van der Waals surface area contributed by atoms with E-state index in [-0.39, 0.29) is 35.7 Å². The minimum atomic E-state index is -0.646. The summed E-state index contributed by atoms with van der Waals surface area (Å²) >= 11 is 6.12. The molecule has 2 fully saturated rings. The second-order valence-corrected chi connectivity index (χ2v) is 12.4. The van der Waals surface area contributed by atoms with Crippen LogP contribution in [0.2, 0.25) is 5.02 Å². The number of nitrogens with zero attached hydrogens (tertiary/aromatic N) is 3. The van der Waals surface area contributed by atoms with Gasteiger partial charge in [-0.25, -0.2) is 19.0 Å². The van der Waals surface area contributed by atoms with E-state index in [1.54, 1.807) is 17.0 Å². The molecule has 8 nitrogen and oxygen atoms in total. The Bertz CT molecular complexity index is 1390. The summed E-state index contributed by atoms with van der Waals surface area (Å²) in [5.41, 5.74) is 1.59. The quantitative estimate of drug-likeness (QED) is 0.314. The first-order valence-electron chi connectivity index (χ1n) is 14.5. The SMILES string of the molecule is CC(C)(C)OC(=O)N1CCC(c2nc(-c3ccc(F)c(Cl)c3)cn2[C@H](C(=O)OCc2ccccc2)C2CCCN2)CC1. The summed E-state index contributed by atoms with van der Waals surface area (Å²) in [5, 5.41) is 3.49. The fourth-order valence-electron chi connectivity index (χ4n) is 5.64. The number of amides is 1.